The minimum Gasteiger partial charge on any atom is -0.481 e. The number of amides is 1. The molecule has 1 aromatic carbocycles. The van der Waals surface area contributed by atoms with Crippen LogP contribution in [0.25, 0.3) is 11.0 Å². The van der Waals surface area contributed by atoms with Gasteiger partial charge in [-0.1, -0.05) is 17.7 Å². The van der Waals surface area contributed by atoms with E-state index in [0.29, 0.717) is 23.0 Å². The maximum Gasteiger partial charge on any atom is 0.287 e. The van der Waals surface area contributed by atoms with E-state index >= 15 is 0 Å². The van der Waals surface area contributed by atoms with Crippen LogP contribution in [0.5, 0.6) is 5.88 Å². The number of carbonyl (C=O) groups is 1. The maximum atomic E-state index is 12.1. The van der Waals surface area contributed by atoms with Gasteiger partial charge in [0.05, 0.1) is 7.11 Å². The summed E-state index contributed by atoms with van der Waals surface area (Å²) in [6.07, 6.45) is 1.65. The summed E-state index contributed by atoms with van der Waals surface area (Å²) in [5, 5.41) is 4.18. The lowest BCUT2D eigenvalue weighted by Crippen LogP contribution is -2.22. The van der Waals surface area contributed by atoms with Crippen molar-refractivity contribution in [1.82, 2.24) is 10.3 Å². The number of nitrogens with one attached hydrogen (secondary N) is 1. The zero-order valence-corrected chi connectivity index (χ0v) is 12.6. The van der Waals surface area contributed by atoms with Crippen LogP contribution in [0.3, 0.4) is 0 Å². The Morgan fingerprint density at radius 1 is 1.32 bits per heavy atom. The lowest BCUT2D eigenvalue weighted by atomic mass is 10.2. The number of ether oxygens (including phenoxy) is 1. The summed E-state index contributed by atoms with van der Waals surface area (Å²) in [7, 11) is 1.55. The molecule has 2 heterocycles. The molecule has 6 heteroatoms. The van der Waals surface area contributed by atoms with Crippen LogP contribution in [0.2, 0.25) is 5.02 Å². The van der Waals surface area contributed by atoms with Crippen molar-refractivity contribution in [2.75, 3.05) is 7.11 Å². The first-order valence-corrected chi connectivity index (χ1v) is 7.00. The van der Waals surface area contributed by atoms with E-state index in [4.69, 9.17) is 20.8 Å². The van der Waals surface area contributed by atoms with Crippen LogP contribution in [-0.4, -0.2) is 18.0 Å². The summed E-state index contributed by atoms with van der Waals surface area (Å²) in [6.45, 7) is 0.355. The van der Waals surface area contributed by atoms with Gasteiger partial charge >= 0.3 is 0 Å². The van der Waals surface area contributed by atoms with Crippen LogP contribution in [0.1, 0.15) is 16.1 Å². The summed E-state index contributed by atoms with van der Waals surface area (Å²) in [4.78, 5) is 16.2. The summed E-state index contributed by atoms with van der Waals surface area (Å²) < 4.78 is 10.5. The van der Waals surface area contributed by atoms with Crippen molar-refractivity contribution in [2.24, 2.45) is 0 Å². The average molecular weight is 317 g/mol. The minimum absolute atomic E-state index is 0.249. The first kappa shape index (κ1) is 14.4. The van der Waals surface area contributed by atoms with Crippen molar-refractivity contribution in [1.29, 1.82) is 0 Å². The van der Waals surface area contributed by atoms with Crippen molar-refractivity contribution in [3.63, 3.8) is 0 Å². The lowest BCUT2D eigenvalue weighted by molar-refractivity contribution is 0.0925. The number of methoxy groups -OCH3 is 1. The fourth-order valence-corrected chi connectivity index (χ4v) is 2.21. The van der Waals surface area contributed by atoms with Crippen LogP contribution in [0.4, 0.5) is 0 Å². The van der Waals surface area contributed by atoms with Gasteiger partial charge in [-0.3, -0.25) is 4.79 Å². The smallest absolute Gasteiger partial charge is 0.287 e. The summed E-state index contributed by atoms with van der Waals surface area (Å²) in [6, 6.07) is 10.5. The molecule has 0 atom stereocenters. The Balaban J connectivity index is 1.69. The summed E-state index contributed by atoms with van der Waals surface area (Å²) >= 11 is 5.91. The average Bonchev–Trinajstić information content (AvgIpc) is 2.96. The molecule has 0 saturated heterocycles. The zero-order valence-electron chi connectivity index (χ0n) is 11.8. The number of pyridine rings is 1. The second-order valence-corrected chi connectivity index (χ2v) is 5.12. The zero-order chi connectivity index (χ0) is 15.5. The van der Waals surface area contributed by atoms with Gasteiger partial charge in [-0.2, -0.15) is 0 Å². The molecule has 0 radical (unpaired) electrons. The van der Waals surface area contributed by atoms with Crippen molar-refractivity contribution in [3.8, 4) is 5.88 Å². The number of nitrogens with zero attached hydrogens (tertiary/aromatic N) is 1. The molecule has 2 aromatic heterocycles. The number of aromatic nitrogens is 1. The largest absolute Gasteiger partial charge is 0.481 e. The number of fused-ring (bicyclic) bond motifs is 1. The van der Waals surface area contributed by atoms with Gasteiger partial charge in [0.1, 0.15) is 5.58 Å². The standard InChI is InChI=1S/C16H13ClN2O3/c1-21-15-5-2-10(8-18-15)9-19-16(20)14-7-11-6-12(17)3-4-13(11)22-14/h2-8H,9H2,1H3,(H,19,20). The monoisotopic (exact) mass is 316 g/mol. The van der Waals surface area contributed by atoms with Crippen LogP contribution >= 0.6 is 11.6 Å². The van der Waals surface area contributed by atoms with Crippen molar-refractivity contribution in [2.45, 2.75) is 6.54 Å². The number of halogens is 1. The number of rotatable bonds is 4. The second-order valence-electron chi connectivity index (χ2n) is 4.68. The number of carbonyl (C=O) groups excluding carboxylic acids is 1. The molecule has 112 valence electrons. The molecule has 0 aliphatic heterocycles. The molecule has 3 rings (SSSR count). The Bertz CT molecular complexity index is 812. The molecule has 0 spiro atoms. The molecular formula is C16H13ClN2O3. The predicted octanol–water partition coefficient (Wildman–Crippen LogP) is 3.42. The highest BCUT2D eigenvalue weighted by molar-refractivity contribution is 6.31. The third kappa shape index (κ3) is 3.04. The SMILES string of the molecule is COc1ccc(CNC(=O)c2cc3cc(Cl)ccc3o2)cn1. The van der Waals surface area contributed by atoms with Crippen LogP contribution in [0, 0.1) is 0 Å². The fourth-order valence-electron chi connectivity index (χ4n) is 2.03. The van der Waals surface area contributed by atoms with E-state index in [-0.39, 0.29) is 11.7 Å². The number of furan rings is 1. The highest BCUT2D eigenvalue weighted by Gasteiger charge is 2.12. The molecule has 1 N–H and O–H groups in total. The normalized spacial score (nSPS) is 10.6. The Kier molecular flexibility index (Phi) is 3.98. The van der Waals surface area contributed by atoms with Gasteiger partial charge in [0.25, 0.3) is 5.91 Å². The Morgan fingerprint density at radius 3 is 2.91 bits per heavy atom. The molecule has 22 heavy (non-hydrogen) atoms. The number of benzene rings is 1. The van der Waals surface area contributed by atoms with E-state index in [0.717, 1.165) is 10.9 Å². The number of hydrogen-bond donors (Lipinski definition) is 1. The first-order valence-electron chi connectivity index (χ1n) is 6.62. The van der Waals surface area contributed by atoms with Gasteiger partial charge in [0.2, 0.25) is 5.88 Å². The molecular weight excluding hydrogens is 304 g/mol. The first-order chi connectivity index (χ1) is 10.7. The van der Waals surface area contributed by atoms with Crippen LogP contribution < -0.4 is 10.1 Å². The lowest BCUT2D eigenvalue weighted by Gasteiger charge is -2.04. The predicted molar refractivity (Wildman–Crippen MR) is 83.2 cm³/mol. The van der Waals surface area contributed by atoms with Gasteiger partial charge in [-0.05, 0) is 29.8 Å². The van der Waals surface area contributed by atoms with Crippen LogP contribution in [0.15, 0.2) is 47.0 Å². The molecule has 5 nitrogen and oxygen atoms in total. The van der Waals surface area contributed by atoms with E-state index in [2.05, 4.69) is 10.3 Å². The van der Waals surface area contributed by atoms with E-state index in [1.807, 2.05) is 6.07 Å². The molecule has 0 unspecified atom stereocenters. The highest BCUT2D eigenvalue weighted by Crippen LogP contribution is 2.23. The number of hydrogen-bond acceptors (Lipinski definition) is 4. The van der Waals surface area contributed by atoms with Crippen LogP contribution in [-0.2, 0) is 6.54 Å². The Hall–Kier alpha value is -2.53. The molecule has 3 aromatic rings. The molecule has 0 saturated carbocycles. The second kappa shape index (κ2) is 6.07. The minimum atomic E-state index is -0.289. The van der Waals surface area contributed by atoms with Gasteiger partial charge in [-0.15, -0.1) is 0 Å². The topological polar surface area (TPSA) is 64.4 Å². The van der Waals surface area contributed by atoms with Crippen molar-refractivity contribution >= 4 is 28.5 Å². The third-order valence-corrected chi connectivity index (χ3v) is 3.40. The van der Waals surface area contributed by atoms with E-state index in [1.165, 1.54) is 0 Å². The quantitative estimate of drug-likeness (QED) is 0.801. The molecule has 0 aliphatic rings. The highest BCUT2D eigenvalue weighted by atomic mass is 35.5. The van der Waals surface area contributed by atoms with Gasteiger partial charge in [-0.25, -0.2) is 4.98 Å². The van der Waals surface area contributed by atoms with E-state index < -0.39 is 0 Å². The van der Waals surface area contributed by atoms with Gasteiger partial charge in [0.15, 0.2) is 5.76 Å². The Labute approximate surface area is 131 Å². The summed E-state index contributed by atoms with van der Waals surface area (Å²) in [5.74, 6) is 0.492. The summed E-state index contributed by atoms with van der Waals surface area (Å²) in [5.41, 5.74) is 1.49. The van der Waals surface area contributed by atoms with Gasteiger partial charge in [0, 0.05) is 29.2 Å². The fraction of sp³-hybridized carbons (Fsp3) is 0.125. The molecule has 0 bridgehead atoms. The van der Waals surface area contributed by atoms with Crippen molar-refractivity contribution < 1.29 is 13.9 Å². The van der Waals surface area contributed by atoms with Crippen molar-refractivity contribution in [3.05, 3.63) is 58.9 Å². The van der Waals surface area contributed by atoms with Gasteiger partial charge < -0.3 is 14.5 Å². The molecule has 1 amide bonds. The Morgan fingerprint density at radius 2 is 2.18 bits per heavy atom. The molecule has 0 fully saturated rings. The molecule has 0 aliphatic carbocycles. The van der Waals surface area contributed by atoms with E-state index in [1.54, 1.807) is 43.6 Å². The maximum absolute atomic E-state index is 12.1. The van der Waals surface area contributed by atoms with E-state index in [9.17, 15) is 4.79 Å². The third-order valence-electron chi connectivity index (χ3n) is 3.16.